The molecule has 1 aromatic carbocycles. The van der Waals surface area contributed by atoms with Gasteiger partial charge in [-0.1, -0.05) is 24.6 Å². The predicted octanol–water partition coefficient (Wildman–Crippen LogP) is 4.34. The van der Waals surface area contributed by atoms with Crippen molar-refractivity contribution in [2.75, 3.05) is 5.75 Å². The molecule has 0 spiro atoms. The minimum absolute atomic E-state index is 1.07. The Morgan fingerprint density at radius 1 is 0.905 bits per heavy atom. The Kier molecular flexibility index (Phi) is 4.90. The number of hydrogen-bond donors (Lipinski definition) is 0. The largest absolute Gasteiger partial charge is 0.272 e. The van der Waals surface area contributed by atoms with Crippen molar-refractivity contribution in [3.63, 3.8) is 0 Å². The van der Waals surface area contributed by atoms with Gasteiger partial charge in [0, 0.05) is 17.6 Å². The van der Waals surface area contributed by atoms with Gasteiger partial charge < -0.3 is 0 Å². The third-order valence-electron chi connectivity index (χ3n) is 3.45. The first-order valence-electron chi connectivity index (χ1n) is 7.39. The van der Waals surface area contributed by atoms with Gasteiger partial charge in [-0.3, -0.25) is 8.96 Å². The molecule has 0 fully saturated rings. The van der Waals surface area contributed by atoms with Crippen LogP contribution in [-0.2, 0) is 6.42 Å². The van der Waals surface area contributed by atoms with Crippen LogP contribution in [0.4, 0.5) is 0 Å². The van der Waals surface area contributed by atoms with Gasteiger partial charge in [-0.25, -0.2) is 4.98 Å². The zero-order valence-electron chi connectivity index (χ0n) is 12.0. The van der Waals surface area contributed by atoms with Crippen LogP contribution in [0.1, 0.15) is 25.0 Å². The molecule has 0 bridgehead atoms. The summed E-state index contributed by atoms with van der Waals surface area (Å²) >= 11 is 1.84. The highest BCUT2D eigenvalue weighted by Gasteiger charge is 2.01. The highest BCUT2D eigenvalue weighted by atomic mass is 32.2. The van der Waals surface area contributed by atoms with Crippen molar-refractivity contribution in [1.29, 1.82) is 0 Å². The number of unbranched alkanes of at least 4 members (excludes halogenated alkanes) is 2. The lowest BCUT2D eigenvalue weighted by Gasteiger charge is -2.03. The molecule has 0 saturated carbocycles. The molecular formula is C17H19N3S. The summed E-state index contributed by atoms with van der Waals surface area (Å²) in [4.78, 5) is 8.76. The van der Waals surface area contributed by atoms with Crippen molar-refractivity contribution < 1.29 is 0 Å². The van der Waals surface area contributed by atoms with Crippen molar-refractivity contribution in [2.24, 2.45) is 0 Å². The van der Waals surface area contributed by atoms with Gasteiger partial charge >= 0.3 is 0 Å². The maximum absolute atomic E-state index is 4.41. The molecule has 3 rings (SSSR count). The Hall–Kier alpha value is -1.81. The summed E-state index contributed by atoms with van der Waals surface area (Å²) in [5.41, 5.74) is 3.47. The number of nitrogens with zero attached hydrogens (tertiary/aromatic N) is 3. The van der Waals surface area contributed by atoms with E-state index in [4.69, 9.17) is 0 Å². The van der Waals surface area contributed by atoms with Gasteiger partial charge in [-0.15, -0.1) is 0 Å². The lowest BCUT2D eigenvalue weighted by Crippen LogP contribution is -1.91. The molecule has 108 valence electrons. The van der Waals surface area contributed by atoms with Gasteiger partial charge in [0.15, 0.2) is 0 Å². The van der Waals surface area contributed by atoms with E-state index in [0.29, 0.717) is 0 Å². The van der Waals surface area contributed by atoms with Crippen LogP contribution in [0.15, 0.2) is 55.0 Å². The summed E-state index contributed by atoms with van der Waals surface area (Å²) in [6.07, 6.45) is 8.56. The van der Waals surface area contributed by atoms with Crippen molar-refractivity contribution in [3.8, 4) is 0 Å². The topological polar surface area (TPSA) is 30.7 Å². The molecule has 0 aliphatic heterocycles. The fraction of sp³-hybridized carbons (Fsp3) is 0.294. The van der Waals surface area contributed by atoms with Crippen molar-refractivity contribution in [2.45, 2.75) is 25.7 Å². The number of aromatic nitrogens is 3. The van der Waals surface area contributed by atoms with Gasteiger partial charge in [0.25, 0.3) is 0 Å². The molecule has 2 aromatic heterocycles. The summed E-state index contributed by atoms with van der Waals surface area (Å²) in [5, 5.41) is 0. The first-order valence-corrected chi connectivity index (χ1v) is 8.33. The molecule has 0 N–H and O–H groups in total. The van der Waals surface area contributed by atoms with Gasteiger partial charge in [0.05, 0.1) is 11.0 Å². The molecule has 2 heterocycles. The number of benzene rings is 1. The second-order valence-electron chi connectivity index (χ2n) is 5.02. The summed E-state index contributed by atoms with van der Waals surface area (Å²) in [6, 6.07) is 14.4. The van der Waals surface area contributed by atoms with Crippen molar-refractivity contribution in [3.05, 3.63) is 60.7 Å². The predicted molar refractivity (Wildman–Crippen MR) is 89.4 cm³/mol. The lowest BCUT2D eigenvalue weighted by molar-refractivity contribution is 0.711. The second-order valence-corrected chi connectivity index (χ2v) is 6.08. The van der Waals surface area contributed by atoms with Crippen LogP contribution < -0.4 is 0 Å². The third-order valence-corrected chi connectivity index (χ3v) is 4.50. The Balaban J connectivity index is 1.39. The minimum atomic E-state index is 1.07. The standard InChI is InChI=1S/C17H19N3S/c1(2-8-15-9-5-6-12-18-15)7-13-21-20-14-19-16-10-3-4-11-17(16)20/h3-6,9-12,14H,1-2,7-8,13H2. The van der Waals surface area contributed by atoms with Crippen LogP contribution in [0.25, 0.3) is 11.0 Å². The summed E-state index contributed by atoms with van der Waals surface area (Å²) in [5.74, 6) is 1.13. The Morgan fingerprint density at radius 3 is 2.71 bits per heavy atom. The molecule has 3 nitrogen and oxygen atoms in total. The fourth-order valence-corrected chi connectivity index (χ4v) is 3.27. The van der Waals surface area contributed by atoms with Gasteiger partial charge in [-0.2, -0.15) is 0 Å². The first-order chi connectivity index (χ1) is 10.4. The fourth-order valence-electron chi connectivity index (χ4n) is 2.33. The van der Waals surface area contributed by atoms with E-state index in [-0.39, 0.29) is 0 Å². The molecule has 21 heavy (non-hydrogen) atoms. The molecular weight excluding hydrogens is 278 g/mol. The zero-order chi connectivity index (χ0) is 14.3. The molecule has 0 aliphatic rings. The average Bonchev–Trinajstić information content (AvgIpc) is 2.95. The molecule has 0 atom stereocenters. The minimum Gasteiger partial charge on any atom is -0.272 e. The van der Waals surface area contributed by atoms with E-state index in [1.807, 2.05) is 36.6 Å². The maximum atomic E-state index is 4.41. The molecule has 3 aromatic rings. The van der Waals surface area contributed by atoms with E-state index in [9.17, 15) is 0 Å². The van der Waals surface area contributed by atoms with Crippen molar-refractivity contribution in [1.82, 2.24) is 13.9 Å². The molecule has 0 amide bonds. The van der Waals surface area contributed by atoms with Crippen LogP contribution in [-0.4, -0.2) is 19.7 Å². The maximum Gasteiger partial charge on any atom is 0.106 e. The Labute approximate surface area is 129 Å². The zero-order valence-corrected chi connectivity index (χ0v) is 12.8. The number of rotatable bonds is 7. The number of pyridine rings is 1. The number of aryl methyl sites for hydroxylation is 1. The van der Waals surface area contributed by atoms with Crippen LogP contribution >= 0.6 is 11.9 Å². The molecule has 0 unspecified atom stereocenters. The van der Waals surface area contributed by atoms with Gasteiger partial charge in [0.1, 0.15) is 6.33 Å². The summed E-state index contributed by atoms with van der Waals surface area (Å²) in [6.45, 7) is 0. The average molecular weight is 297 g/mol. The van der Waals surface area contributed by atoms with E-state index >= 15 is 0 Å². The van der Waals surface area contributed by atoms with E-state index < -0.39 is 0 Å². The molecule has 4 heteroatoms. The summed E-state index contributed by atoms with van der Waals surface area (Å²) in [7, 11) is 0. The van der Waals surface area contributed by atoms with Crippen molar-refractivity contribution >= 4 is 23.0 Å². The smallest absolute Gasteiger partial charge is 0.106 e. The third kappa shape index (κ3) is 3.85. The lowest BCUT2D eigenvalue weighted by atomic mass is 10.1. The summed E-state index contributed by atoms with van der Waals surface area (Å²) < 4.78 is 2.17. The van der Waals surface area contributed by atoms with Crippen LogP contribution in [0.5, 0.6) is 0 Å². The highest BCUT2D eigenvalue weighted by molar-refractivity contribution is 7.97. The monoisotopic (exact) mass is 297 g/mol. The first kappa shape index (κ1) is 14.1. The number of imidazole rings is 1. The molecule has 0 aliphatic carbocycles. The SMILES string of the molecule is c1ccc(CCCCCSn2cnc3ccccc32)nc1. The second kappa shape index (κ2) is 7.27. The number of fused-ring (bicyclic) bond motifs is 1. The van der Waals surface area contributed by atoms with Gasteiger partial charge in [-0.05, 0) is 55.5 Å². The molecule has 0 radical (unpaired) electrons. The normalized spacial score (nSPS) is 11.0. The van der Waals surface area contributed by atoms with Gasteiger partial charge in [0.2, 0.25) is 0 Å². The van der Waals surface area contributed by atoms with Crippen LogP contribution in [0, 0.1) is 0 Å². The van der Waals surface area contributed by atoms with E-state index in [2.05, 4.69) is 44.3 Å². The van der Waals surface area contributed by atoms with E-state index in [1.165, 1.54) is 30.5 Å². The van der Waals surface area contributed by atoms with E-state index in [0.717, 1.165) is 17.7 Å². The Bertz CT molecular complexity index is 679. The quantitative estimate of drug-likeness (QED) is 0.608. The number of hydrogen-bond acceptors (Lipinski definition) is 3. The van der Waals surface area contributed by atoms with E-state index in [1.54, 1.807) is 0 Å². The van der Waals surface area contributed by atoms with Crippen LogP contribution in [0.2, 0.25) is 0 Å². The Morgan fingerprint density at radius 2 is 1.81 bits per heavy atom. The molecule has 0 saturated heterocycles. The highest BCUT2D eigenvalue weighted by Crippen LogP contribution is 2.19. The number of para-hydroxylation sites is 2. The van der Waals surface area contributed by atoms with Crippen LogP contribution in [0.3, 0.4) is 0 Å².